The Morgan fingerprint density at radius 3 is 2.95 bits per heavy atom. The highest BCUT2D eigenvalue weighted by molar-refractivity contribution is 5.76. The van der Waals surface area contributed by atoms with Crippen LogP contribution in [0.2, 0.25) is 0 Å². The summed E-state index contributed by atoms with van der Waals surface area (Å²) in [5, 5.41) is 7.37. The van der Waals surface area contributed by atoms with Crippen molar-refractivity contribution in [2.45, 2.75) is 57.4 Å². The zero-order valence-corrected chi connectivity index (χ0v) is 12.8. The highest BCUT2D eigenvalue weighted by Gasteiger charge is 2.30. The first-order chi connectivity index (χ1) is 10.1. The van der Waals surface area contributed by atoms with Crippen molar-refractivity contribution in [3.63, 3.8) is 0 Å². The van der Waals surface area contributed by atoms with Crippen LogP contribution in [0.5, 0.6) is 0 Å². The number of aromatic nitrogens is 2. The minimum Gasteiger partial charge on any atom is -0.342 e. The largest absolute Gasteiger partial charge is 0.342 e. The topological polar surface area (TPSA) is 75.0 Å². The van der Waals surface area contributed by atoms with Gasteiger partial charge in [-0.3, -0.25) is 9.89 Å². The first-order valence-corrected chi connectivity index (χ1v) is 8.18. The minimum absolute atomic E-state index is 0.225. The van der Waals surface area contributed by atoms with Crippen molar-refractivity contribution in [1.82, 2.24) is 15.1 Å². The number of rotatable bonds is 3. The molecule has 1 saturated heterocycles. The molecular formula is C16H26N4O. The molecule has 2 heterocycles. The summed E-state index contributed by atoms with van der Waals surface area (Å²) in [7, 11) is 0. The van der Waals surface area contributed by atoms with Crippen molar-refractivity contribution in [2.75, 3.05) is 13.1 Å². The second kappa shape index (κ2) is 6.18. The lowest BCUT2D eigenvalue weighted by molar-refractivity contribution is -0.133. The average molecular weight is 290 g/mol. The van der Waals surface area contributed by atoms with Crippen LogP contribution >= 0.6 is 0 Å². The van der Waals surface area contributed by atoms with Gasteiger partial charge in [-0.05, 0) is 44.6 Å². The molecule has 1 saturated carbocycles. The Kier molecular flexibility index (Phi) is 4.29. The molecule has 0 radical (unpaired) electrons. The number of nitrogens with zero attached hydrogens (tertiary/aromatic N) is 2. The van der Waals surface area contributed by atoms with Crippen LogP contribution in [-0.4, -0.2) is 40.1 Å². The molecule has 3 rings (SSSR count). The first-order valence-electron chi connectivity index (χ1n) is 8.18. The second-order valence-electron chi connectivity index (χ2n) is 6.71. The van der Waals surface area contributed by atoms with E-state index in [2.05, 4.69) is 16.3 Å². The van der Waals surface area contributed by atoms with E-state index in [0.717, 1.165) is 50.2 Å². The second-order valence-corrected chi connectivity index (χ2v) is 6.71. The SMILES string of the molecule is Cc1cc(C2CCCN(C(=O)C[C@@H]3CCC[C@H]3N)C2)n[nH]1. The Morgan fingerprint density at radius 1 is 1.43 bits per heavy atom. The molecule has 1 unspecified atom stereocenters. The maximum Gasteiger partial charge on any atom is 0.222 e. The summed E-state index contributed by atoms with van der Waals surface area (Å²) in [6.45, 7) is 3.72. The predicted octanol–water partition coefficient (Wildman–Crippen LogP) is 1.94. The number of nitrogens with two attached hydrogens (primary N) is 1. The van der Waals surface area contributed by atoms with Gasteiger partial charge < -0.3 is 10.6 Å². The molecule has 3 N–H and O–H groups in total. The van der Waals surface area contributed by atoms with E-state index in [1.54, 1.807) is 0 Å². The Labute approximate surface area is 126 Å². The van der Waals surface area contributed by atoms with Gasteiger partial charge in [0.15, 0.2) is 0 Å². The first kappa shape index (κ1) is 14.6. The van der Waals surface area contributed by atoms with E-state index < -0.39 is 0 Å². The van der Waals surface area contributed by atoms with Gasteiger partial charge in [0.05, 0.1) is 5.69 Å². The standard InChI is InChI=1S/C16H26N4O/c1-11-8-15(19-18-11)13-5-3-7-20(10-13)16(21)9-12-4-2-6-14(12)17/h8,12-14H,2-7,9-10,17H2,1H3,(H,18,19)/t12-,13?,14+/m0/s1. The quantitative estimate of drug-likeness (QED) is 0.893. The van der Waals surface area contributed by atoms with Crippen LogP contribution in [0, 0.1) is 12.8 Å². The van der Waals surface area contributed by atoms with Crippen molar-refractivity contribution in [2.24, 2.45) is 11.7 Å². The van der Waals surface area contributed by atoms with Crippen LogP contribution in [0.25, 0.3) is 0 Å². The van der Waals surface area contributed by atoms with Crippen molar-refractivity contribution >= 4 is 5.91 Å². The molecule has 0 aromatic carbocycles. The molecule has 21 heavy (non-hydrogen) atoms. The van der Waals surface area contributed by atoms with Gasteiger partial charge in [-0.15, -0.1) is 0 Å². The monoisotopic (exact) mass is 290 g/mol. The van der Waals surface area contributed by atoms with E-state index in [0.29, 0.717) is 18.3 Å². The van der Waals surface area contributed by atoms with Gasteiger partial charge in [-0.1, -0.05) is 6.42 Å². The number of H-pyrrole nitrogens is 1. The number of aromatic amines is 1. The zero-order chi connectivity index (χ0) is 14.8. The Morgan fingerprint density at radius 2 is 2.29 bits per heavy atom. The fourth-order valence-corrected chi connectivity index (χ4v) is 3.77. The van der Waals surface area contributed by atoms with E-state index in [9.17, 15) is 4.79 Å². The molecule has 1 amide bonds. The molecule has 2 aliphatic rings. The van der Waals surface area contributed by atoms with Crippen LogP contribution in [0.15, 0.2) is 6.07 Å². The van der Waals surface area contributed by atoms with E-state index in [1.165, 1.54) is 6.42 Å². The molecule has 0 spiro atoms. The summed E-state index contributed by atoms with van der Waals surface area (Å²) in [4.78, 5) is 14.6. The summed E-state index contributed by atoms with van der Waals surface area (Å²) >= 11 is 0. The Bertz CT molecular complexity index is 498. The molecule has 5 nitrogen and oxygen atoms in total. The van der Waals surface area contributed by atoms with Gasteiger partial charge in [0.25, 0.3) is 0 Å². The third-order valence-corrected chi connectivity index (χ3v) is 5.07. The van der Waals surface area contributed by atoms with Crippen molar-refractivity contribution in [3.05, 3.63) is 17.5 Å². The lowest BCUT2D eigenvalue weighted by Crippen LogP contribution is -2.41. The predicted molar refractivity (Wildman–Crippen MR) is 81.8 cm³/mol. The lowest BCUT2D eigenvalue weighted by Gasteiger charge is -2.33. The summed E-state index contributed by atoms with van der Waals surface area (Å²) in [6, 6.07) is 2.33. The Balaban J connectivity index is 1.59. The maximum atomic E-state index is 12.5. The van der Waals surface area contributed by atoms with Gasteiger partial charge in [0.2, 0.25) is 5.91 Å². The fourth-order valence-electron chi connectivity index (χ4n) is 3.77. The Hall–Kier alpha value is -1.36. The third kappa shape index (κ3) is 3.28. The molecule has 116 valence electrons. The number of hydrogen-bond acceptors (Lipinski definition) is 3. The van der Waals surface area contributed by atoms with Gasteiger partial charge in [0.1, 0.15) is 0 Å². The summed E-state index contributed by atoms with van der Waals surface area (Å²) < 4.78 is 0. The summed E-state index contributed by atoms with van der Waals surface area (Å²) in [5.41, 5.74) is 8.28. The van der Waals surface area contributed by atoms with Crippen molar-refractivity contribution in [3.8, 4) is 0 Å². The van der Waals surface area contributed by atoms with Gasteiger partial charge in [-0.25, -0.2) is 0 Å². The summed E-state index contributed by atoms with van der Waals surface area (Å²) in [6.07, 6.45) is 6.19. The highest BCUT2D eigenvalue weighted by atomic mass is 16.2. The fraction of sp³-hybridized carbons (Fsp3) is 0.750. The molecule has 1 aliphatic heterocycles. The molecular weight excluding hydrogens is 264 g/mol. The molecule has 1 aliphatic carbocycles. The van der Waals surface area contributed by atoms with E-state index in [-0.39, 0.29) is 11.9 Å². The maximum absolute atomic E-state index is 12.5. The number of likely N-dealkylation sites (tertiary alicyclic amines) is 1. The number of piperidine rings is 1. The van der Waals surface area contributed by atoms with E-state index in [1.807, 2.05) is 11.8 Å². The van der Waals surface area contributed by atoms with Crippen LogP contribution < -0.4 is 5.73 Å². The molecule has 1 aromatic heterocycles. The van der Waals surface area contributed by atoms with Gasteiger partial charge in [-0.2, -0.15) is 5.10 Å². The number of nitrogens with one attached hydrogen (secondary N) is 1. The average Bonchev–Trinajstić information content (AvgIpc) is 3.08. The number of carbonyl (C=O) groups is 1. The number of amides is 1. The van der Waals surface area contributed by atoms with E-state index in [4.69, 9.17) is 5.73 Å². The van der Waals surface area contributed by atoms with Crippen LogP contribution in [0.1, 0.15) is 55.8 Å². The zero-order valence-electron chi connectivity index (χ0n) is 12.8. The number of aryl methyl sites for hydroxylation is 1. The third-order valence-electron chi connectivity index (χ3n) is 5.07. The van der Waals surface area contributed by atoms with Crippen LogP contribution in [0.4, 0.5) is 0 Å². The van der Waals surface area contributed by atoms with Crippen molar-refractivity contribution in [1.29, 1.82) is 0 Å². The van der Waals surface area contributed by atoms with Gasteiger partial charge in [0, 0.05) is 37.2 Å². The molecule has 3 atom stereocenters. The molecule has 0 bridgehead atoms. The minimum atomic E-state index is 0.225. The number of carbonyl (C=O) groups excluding carboxylic acids is 1. The summed E-state index contributed by atoms with van der Waals surface area (Å²) in [5.74, 6) is 1.06. The normalized spacial score (nSPS) is 29.8. The van der Waals surface area contributed by atoms with Crippen molar-refractivity contribution < 1.29 is 4.79 Å². The molecule has 5 heteroatoms. The highest BCUT2D eigenvalue weighted by Crippen LogP contribution is 2.30. The number of hydrogen-bond donors (Lipinski definition) is 2. The van der Waals surface area contributed by atoms with Gasteiger partial charge >= 0.3 is 0 Å². The lowest BCUT2D eigenvalue weighted by atomic mass is 9.93. The van der Waals surface area contributed by atoms with E-state index >= 15 is 0 Å². The molecule has 1 aromatic rings. The smallest absolute Gasteiger partial charge is 0.222 e. The van der Waals surface area contributed by atoms with Crippen LogP contribution in [0.3, 0.4) is 0 Å². The van der Waals surface area contributed by atoms with Crippen LogP contribution in [-0.2, 0) is 4.79 Å². The molecule has 2 fully saturated rings.